The number of benzene rings is 2. The molecule has 1 saturated carbocycles. The Morgan fingerprint density at radius 1 is 1.07 bits per heavy atom. The van der Waals surface area contributed by atoms with Crippen LogP contribution in [0.3, 0.4) is 0 Å². The third-order valence-electron chi connectivity index (χ3n) is 5.25. The highest BCUT2D eigenvalue weighted by atomic mass is 16.5. The minimum atomic E-state index is -1.17. The molecule has 2 N–H and O–H groups in total. The third kappa shape index (κ3) is 6.11. The molecule has 2 aromatic rings. The molecule has 0 aliphatic heterocycles. The minimum absolute atomic E-state index is 0.134. The predicted octanol–water partition coefficient (Wildman–Crippen LogP) is 5.00. The smallest absolute Gasteiger partial charge is 0.352 e. The second kappa shape index (κ2) is 10.5. The van der Waals surface area contributed by atoms with E-state index in [1.807, 2.05) is 12.1 Å². The van der Waals surface area contributed by atoms with Crippen LogP contribution in [0.2, 0.25) is 0 Å². The van der Waals surface area contributed by atoms with Gasteiger partial charge in [0.1, 0.15) is 11.4 Å². The van der Waals surface area contributed by atoms with Gasteiger partial charge in [0.25, 0.3) is 0 Å². The highest BCUT2D eigenvalue weighted by Crippen LogP contribution is 2.31. The number of carboxylic acids is 1. The van der Waals surface area contributed by atoms with Crippen molar-refractivity contribution in [2.24, 2.45) is 5.92 Å². The van der Waals surface area contributed by atoms with Gasteiger partial charge in [-0.05, 0) is 48.2 Å². The first-order chi connectivity index (χ1) is 14.5. The number of carbonyl (C=O) groups excluding carboxylic acids is 1. The van der Waals surface area contributed by atoms with Crippen LogP contribution in [0, 0.1) is 5.92 Å². The van der Waals surface area contributed by atoms with Gasteiger partial charge in [-0.2, -0.15) is 0 Å². The summed E-state index contributed by atoms with van der Waals surface area (Å²) in [6.07, 6.45) is 7.39. The summed E-state index contributed by atoms with van der Waals surface area (Å²) < 4.78 is 11.1. The zero-order valence-corrected chi connectivity index (χ0v) is 17.1. The zero-order chi connectivity index (χ0) is 21.3. The molecule has 1 aliphatic carbocycles. The molecule has 0 spiro atoms. The molecule has 30 heavy (non-hydrogen) atoms. The van der Waals surface area contributed by atoms with Crippen molar-refractivity contribution in [2.45, 2.75) is 38.5 Å². The Morgan fingerprint density at radius 2 is 1.73 bits per heavy atom. The molecule has 0 heterocycles. The number of rotatable bonds is 9. The number of ether oxygens (including phenoxy) is 2. The van der Waals surface area contributed by atoms with E-state index in [4.69, 9.17) is 9.47 Å². The molecular formula is C24H27NO5. The van der Waals surface area contributed by atoms with Crippen LogP contribution < -0.4 is 14.8 Å². The molecule has 158 valence electrons. The quantitative estimate of drug-likeness (QED) is 0.569. The van der Waals surface area contributed by atoms with Crippen molar-refractivity contribution >= 4 is 18.0 Å². The molecule has 0 bridgehead atoms. The second-order valence-electron chi connectivity index (χ2n) is 7.42. The summed E-state index contributed by atoms with van der Waals surface area (Å²) in [7, 11) is 1.57. The van der Waals surface area contributed by atoms with Gasteiger partial charge in [-0.25, -0.2) is 4.79 Å². The van der Waals surface area contributed by atoms with Crippen LogP contribution in [0.1, 0.15) is 44.1 Å². The van der Waals surface area contributed by atoms with E-state index in [1.165, 1.54) is 18.9 Å². The Balaban J connectivity index is 1.62. The summed E-state index contributed by atoms with van der Waals surface area (Å²) in [5.74, 6) is 0.960. The monoisotopic (exact) mass is 409 g/mol. The van der Waals surface area contributed by atoms with Crippen molar-refractivity contribution in [1.82, 2.24) is 5.32 Å². The number of hydrogen-bond acceptors (Lipinski definition) is 4. The predicted molar refractivity (Wildman–Crippen MR) is 114 cm³/mol. The van der Waals surface area contributed by atoms with E-state index >= 15 is 0 Å². The van der Waals surface area contributed by atoms with Crippen LogP contribution in [-0.2, 0) is 9.59 Å². The van der Waals surface area contributed by atoms with E-state index in [1.54, 1.807) is 43.5 Å². The standard InChI is InChI=1S/C24H27NO5/c1-29-21-8-4-5-9-22(21)30-19-13-10-18(11-14-19)16-20(24(27)28)25-23(26)15-12-17-6-2-3-7-17/h4-5,8-11,13-14,16-17H,2-3,6-7,12,15H2,1H3,(H,25,26)(H,27,28)/b20-16-. The van der Waals surface area contributed by atoms with Crippen molar-refractivity contribution < 1.29 is 24.2 Å². The lowest BCUT2D eigenvalue weighted by molar-refractivity contribution is -0.134. The third-order valence-corrected chi connectivity index (χ3v) is 5.25. The SMILES string of the molecule is COc1ccccc1Oc1ccc(/C=C(\NC(=O)CCC2CCCC2)C(=O)O)cc1. The van der Waals surface area contributed by atoms with Gasteiger partial charge in [0, 0.05) is 6.42 Å². The van der Waals surface area contributed by atoms with E-state index in [-0.39, 0.29) is 11.6 Å². The summed E-state index contributed by atoms with van der Waals surface area (Å²) in [6, 6.07) is 14.3. The van der Waals surface area contributed by atoms with Crippen LogP contribution in [0.5, 0.6) is 17.2 Å². The van der Waals surface area contributed by atoms with Gasteiger partial charge < -0.3 is 19.9 Å². The summed E-state index contributed by atoms with van der Waals surface area (Å²) in [6.45, 7) is 0. The largest absolute Gasteiger partial charge is 0.493 e. The van der Waals surface area contributed by atoms with Crippen molar-refractivity contribution in [3.05, 3.63) is 59.8 Å². The van der Waals surface area contributed by atoms with E-state index in [2.05, 4.69) is 5.32 Å². The number of carboxylic acid groups (broad SMARTS) is 1. The highest BCUT2D eigenvalue weighted by molar-refractivity contribution is 5.96. The molecule has 6 nitrogen and oxygen atoms in total. The van der Waals surface area contributed by atoms with Gasteiger partial charge in [-0.15, -0.1) is 0 Å². The molecule has 6 heteroatoms. The van der Waals surface area contributed by atoms with Crippen LogP contribution >= 0.6 is 0 Å². The van der Waals surface area contributed by atoms with E-state index < -0.39 is 5.97 Å². The second-order valence-corrected chi connectivity index (χ2v) is 7.42. The summed E-state index contributed by atoms with van der Waals surface area (Å²) in [5.41, 5.74) is 0.515. The summed E-state index contributed by atoms with van der Waals surface area (Å²) >= 11 is 0. The number of carbonyl (C=O) groups is 2. The Hall–Kier alpha value is -3.28. The minimum Gasteiger partial charge on any atom is -0.493 e. The lowest BCUT2D eigenvalue weighted by Gasteiger charge is -2.11. The van der Waals surface area contributed by atoms with Crippen LogP contribution in [0.25, 0.3) is 6.08 Å². The number of para-hydroxylation sites is 2. The van der Waals surface area contributed by atoms with E-state index in [9.17, 15) is 14.7 Å². The fourth-order valence-electron chi connectivity index (χ4n) is 3.63. The van der Waals surface area contributed by atoms with E-state index in [0.717, 1.165) is 19.3 Å². The Labute approximate surface area is 176 Å². The normalized spacial score (nSPS) is 14.4. The van der Waals surface area contributed by atoms with Crippen molar-refractivity contribution in [2.75, 3.05) is 7.11 Å². The van der Waals surface area contributed by atoms with Gasteiger partial charge in [-0.1, -0.05) is 49.9 Å². The van der Waals surface area contributed by atoms with Gasteiger partial charge >= 0.3 is 5.97 Å². The molecule has 3 rings (SSSR count). The molecular weight excluding hydrogens is 382 g/mol. The number of methoxy groups -OCH3 is 1. The number of hydrogen-bond donors (Lipinski definition) is 2. The van der Waals surface area contributed by atoms with Crippen LogP contribution in [0.4, 0.5) is 0 Å². The summed E-state index contributed by atoms with van der Waals surface area (Å²) in [4.78, 5) is 23.7. The first-order valence-corrected chi connectivity index (χ1v) is 10.2. The van der Waals surface area contributed by atoms with Gasteiger partial charge in [0.2, 0.25) is 5.91 Å². The average Bonchev–Trinajstić information content (AvgIpc) is 3.27. The van der Waals surface area contributed by atoms with Gasteiger partial charge in [0.15, 0.2) is 11.5 Å². The molecule has 1 fully saturated rings. The first kappa shape index (κ1) is 21.4. The van der Waals surface area contributed by atoms with Gasteiger partial charge in [0.05, 0.1) is 7.11 Å². The highest BCUT2D eigenvalue weighted by Gasteiger charge is 2.17. The fourth-order valence-corrected chi connectivity index (χ4v) is 3.63. The van der Waals surface area contributed by atoms with Crippen molar-refractivity contribution in [1.29, 1.82) is 0 Å². The molecule has 0 aromatic heterocycles. The van der Waals surface area contributed by atoms with E-state index in [0.29, 0.717) is 35.2 Å². The number of nitrogens with one attached hydrogen (secondary N) is 1. The van der Waals surface area contributed by atoms with Crippen LogP contribution in [0.15, 0.2) is 54.2 Å². The average molecular weight is 409 g/mol. The molecule has 1 amide bonds. The Morgan fingerprint density at radius 3 is 2.37 bits per heavy atom. The lowest BCUT2D eigenvalue weighted by Crippen LogP contribution is -2.27. The number of amides is 1. The van der Waals surface area contributed by atoms with Gasteiger partial charge in [-0.3, -0.25) is 4.79 Å². The zero-order valence-electron chi connectivity index (χ0n) is 17.1. The molecule has 0 unspecified atom stereocenters. The van der Waals surface area contributed by atoms with Crippen LogP contribution in [-0.4, -0.2) is 24.1 Å². The number of aliphatic carboxylic acids is 1. The van der Waals surface area contributed by atoms with Crippen molar-refractivity contribution in [3.63, 3.8) is 0 Å². The Bertz CT molecular complexity index is 898. The fraction of sp³-hybridized carbons (Fsp3) is 0.333. The maximum Gasteiger partial charge on any atom is 0.352 e. The maximum atomic E-state index is 12.2. The molecule has 0 saturated heterocycles. The first-order valence-electron chi connectivity index (χ1n) is 10.2. The maximum absolute atomic E-state index is 12.2. The molecule has 0 radical (unpaired) electrons. The molecule has 2 aromatic carbocycles. The molecule has 0 atom stereocenters. The molecule has 1 aliphatic rings. The Kier molecular flexibility index (Phi) is 7.49. The summed E-state index contributed by atoms with van der Waals surface area (Å²) in [5, 5.41) is 12.0. The lowest BCUT2D eigenvalue weighted by atomic mass is 10.0. The topological polar surface area (TPSA) is 84.9 Å². The van der Waals surface area contributed by atoms with Crippen molar-refractivity contribution in [3.8, 4) is 17.2 Å².